The molecule has 0 saturated carbocycles. The molecule has 8 nitrogen and oxygen atoms in total. The number of nitrogens with zero attached hydrogens (tertiary/aromatic N) is 8. The van der Waals surface area contributed by atoms with Gasteiger partial charge in [-0.2, -0.15) is 17.6 Å². The van der Waals surface area contributed by atoms with E-state index < -0.39 is 62.3 Å². The maximum absolute atomic E-state index is 16.0. The minimum Gasteiger partial charge on any atom is -0.226 e. The van der Waals surface area contributed by atoms with Gasteiger partial charge in [-0.25, -0.2) is 40.4 Å². The number of nitriles is 4. The van der Waals surface area contributed by atoms with E-state index in [9.17, 15) is 21.0 Å². The summed E-state index contributed by atoms with van der Waals surface area (Å²) >= 11 is 4.81. The highest BCUT2D eigenvalue weighted by atomic mass is 32.1. The summed E-state index contributed by atoms with van der Waals surface area (Å²) in [4.78, 5) is 16.7. The van der Waals surface area contributed by atoms with Crippen LogP contribution in [0.15, 0.2) is 22.8 Å². The predicted molar refractivity (Wildman–Crippen MR) is 212 cm³/mol. The maximum atomic E-state index is 16.0. The van der Waals surface area contributed by atoms with E-state index >= 15 is 17.6 Å². The molecular formula is C41H18F4N8S4. The van der Waals surface area contributed by atoms with Crippen molar-refractivity contribution < 1.29 is 17.6 Å². The molecule has 0 spiro atoms. The molecule has 0 unspecified atom stereocenters. The molecule has 0 atom stereocenters. The van der Waals surface area contributed by atoms with Gasteiger partial charge >= 0.3 is 0 Å². The van der Waals surface area contributed by atoms with Gasteiger partial charge in [0, 0.05) is 44.4 Å². The first-order valence-electron chi connectivity index (χ1n) is 16.3. The van der Waals surface area contributed by atoms with Crippen LogP contribution in [0.25, 0.3) is 70.9 Å². The van der Waals surface area contributed by atoms with Crippen LogP contribution in [0.5, 0.6) is 0 Å². The Balaban J connectivity index is 1.47. The first-order valence-corrected chi connectivity index (χ1v) is 19.6. The molecule has 0 aromatic carbocycles. The van der Waals surface area contributed by atoms with Crippen LogP contribution < -0.4 is 0 Å². The zero-order valence-electron chi connectivity index (χ0n) is 30.2. The van der Waals surface area contributed by atoms with Crippen molar-refractivity contribution in [3.05, 3.63) is 123 Å². The molecule has 0 N–H and O–H groups in total. The minimum atomic E-state index is -3.93. The van der Waals surface area contributed by atoms with Gasteiger partial charge in [0.2, 0.25) is 0 Å². The SMILES string of the molecule is [C-]#[N+]/C(C#N)=C1/c2c(sc(-c3sc4c(c3C)C(C)(C)c3c-4sc(-c4sc5c(c4C)/C(=C(/C#N)[N+]#[C-])C(F)(F)/C5=C(\C#N)[N+]#[C-])c3C)c2C)/C(=C(\C#N)[N+]#[C-])C1(F)F. The molecule has 0 amide bonds. The number of thiophene rings is 4. The molecule has 4 aromatic rings. The Hall–Kier alpha value is -6.60. The summed E-state index contributed by atoms with van der Waals surface area (Å²) < 4.78 is 64.2. The summed E-state index contributed by atoms with van der Waals surface area (Å²) in [6.07, 6.45) is 0. The van der Waals surface area contributed by atoms with E-state index in [4.69, 9.17) is 26.3 Å². The summed E-state index contributed by atoms with van der Waals surface area (Å²) in [6, 6.07) is 6.27. The van der Waals surface area contributed by atoms with Crippen LogP contribution in [0, 0.1) is 99.3 Å². The van der Waals surface area contributed by atoms with Crippen molar-refractivity contribution in [1.29, 1.82) is 21.0 Å². The van der Waals surface area contributed by atoms with Crippen LogP contribution in [-0.4, -0.2) is 11.8 Å². The fourth-order valence-corrected chi connectivity index (χ4v) is 14.6. The summed E-state index contributed by atoms with van der Waals surface area (Å²) in [5, 5.41) is 38.7. The van der Waals surface area contributed by atoms with E-state index in [1.54, 1.807) is 38.1 Å². The third kappa shape index (κ3) is 4.72. The Bertz CT molecular complexity index is 2860. The first-order chi connectivity index (χ1) is 26.9. The lowest BCUT2D eigenvalue weighted by atomic mass is 9.79. The molecule has 274 valence electrons. The van der Waals surface area contributed by atoms with Crippen molar-refractivity contribution in [1.82, 2.24) is 0 Å². The molecule has 0 aliphatic heterocycles. The van der Waals surface area contributed by atoms with Crippen LogP contribution in [0.2, 0.25) is 0 Å². The minimum absolute atomic E-state index is 0.0368. The average molecular weight is 827 g/mol. The van der Waals surface area contributed by atoms with Gasteiger partial charge in [0.1, 0.15) is 0 Å². The zero-order chi connectivity index (χ0) is 41.8. The average Bonchev–Trinajstić information content (AvgIpc) is 3.99. The van der Waals surface area contributed by atoms with Crippen molar-refractivity contribution >= 4 is 67.6 Å². The van der Waals surface area contributed by atoms with Gasteiger partial charge in [0.25, 0.3) is 34.6 Å². The lowest BCUT2D eigenvalue weighted by molar-refractivity contribution is 0.137. The van der Waals surface area contributed by atoms with Gasteiger partial charge in [-0.3, -0.25) is 0 Å². The quantitative estimate of drug-likeness (QED) is 0.114. The Kier molecular flexibility index (Phi) is 8.63. The maximum Gasteiger partial charge on any atom is 0.284 e. The summed E-state index contributed by atoms with van der Waals surface area (Å²) in [5.41, 5.74) is -2.82. The molecule has 4 aromatic heterocycles. The highest BCUT2D eigenvalue weighted by Crippen LogP contribution is 2.66. The molecule has 0 bridgehead atoms. The zero-order valence-corrected chi connectivity index (χ0v) is 33.5. The van der Waals surface area contributed by atoms with Crippen LogP contribution in [0.3, 0.4) is 0 Å². The first kappa shape index (κ1) is 38.7. The Morgan fingerprint density at radius 3 is 1.00 bits per heavy atom. The Morgan fingerprint density at radius 1 is 0.456 bits per heavy atom. The summed E-state index contributed by atoms with van der Waals surface area (Å²) in [6.45, 7) is 41.1. The molecule has 4 heterocycles. The molecule has 3 aliphatic rings. The third-order valence-corrected chi connectivity index (χ3v) is 16.2. The Labute approximate surface area is 339 Å². The van der Waals surface area contributed by atoms with Crippen molar-refractivity contribution in [2.24, 2.45) is 0 Å². The van der Waals surface area contributed by atoms with E-state index in [2.05, 4.69) is 19.4 Å². The lowest BCUT2D eigenvalue weighted by Crippen LogP contribution is -2.17. The van der Waals surface area contributed by atoms with Crippen LogP contribution in [0.4, 0.5) is 17.6 Å². The standard InChI is InChI=1S/C41H18F4N8S4/c1-15-23-27(19(11-46)50-7)40(42,43)29(21(13-48)52-9)35(23)54-31(15)33-17(3)25-37(56-33)38-26(39(25,5)6)18(4)34(57-38)32-16(2)24-28(20(12-47)51-8)41(44,45)30(36(24)55-32)22(14-49)53-10/h1-6H3/b27-19-,28-20+,29-21-,30-22+. The number of rotatable bonds is 2. The van der Waals surface area contributed by atoms with Crippen LogP contribution >= 0.6 is 45.3 Å². The molecule has 3 aliphatic carbocycles. The fraction of sp³-hybridized carbons (Fsp3) is 0.220. The number of allylic oxidation sites excluding steroid dienone is 8. The Morgan fingerprint density at radius 2 is 0.719 bits per heavy atom. The third-order valence-electron chi connectivity index (χ3n) is 10.5. The molecule has 7 rings (SSSR count). The monoisotopic (exact) mass is 826 g/mol. The smallest absolute Gasteiger partial charge is 0.226 e. The highest BCUT2D eigenvalue weighted by Gasteiger charge is 2.55. The summed E-state index contributed by atoms with van der Waals surface area (Å²) in [5.74, 6) is -7.85. The van der Waals surface area contributed by atoms with Crippen LogP contribution in [-0.2, 0) is 5.41 Å². The molecular weight excluding hydrogens is 809 g/mol. The van der Waals surface area contributed by atoms with Gasteiger partial charge in [0.05, 0.1) is 72.9 Å². The second-order valence-electron chi connectivity index (χ2n) is 13.6. The van der Waals surface area contributed by atoms with Gasteiger partial charge in [-0.1, -0.05) is 13.8 Å². The van der Waals surface area contributed by atoms with Gasteiger partial charge < -0.3 is 0 Å². The molecule has 16 heteroatoms. The van der Waals surface area contributed by atoms with Crippen molar-refractivity contribution in [2.45, 2.75) is 58.8 Å². The largest absolute Gasteiger partial charge is 0.284 e. The van der Waals surface area contributed by atoms with E-state index in [1.165, 1.54) is 22.7 Å². The fourth-order valence-electron chi connectivity index (χ4n) is 8.27. The number of fused-ring (bicyclic) bond motifs is 5. The van der Waals surface area contributed by atoms with E-state index in [0.717, 1.165) is 64.4 Å². The second kappa shape index (κ2) is 12.7. The van der Waals surface area contributed by atoms with Crippen molar-refractivity contribution in [2.75, 3.05) is 0 Å². The van der Waals surface area contributed by atoms with Gasteiger partial charge in [-0.15, -0.1) is 45.3 Å². The molecule has 0 radical (unpaired) electrons. The van der Waals surface area contributed by atoms with Crippen molar-refractivity contribution in [3.8, 4) is 53.5 Å². The van der Waals surface area contributed by atoms with E-state index in [-0.39, 0.29) is 20.9 Å². The number of alkyl halides is 4. The molecule has 0 fully saturated rings. The molecule has 0 saturated heterocycles. The van der Waals surface area contributed by atoms with Crippen LogP contribution in [0.1, 0.15) is 68.1 Å². The number of halogens is 4. The van der Waals surface area contributed by atoms with Gasteiger partial charge in [-0.05, 0) is 72.2 Å². The highest BCUT2D eigenvalue weighted by molar-refractivity contribution is 7.29. The van der Waals surface area contributed by atoms with Crippen molar-refractivity contribution in [3.63, 3.8) is 0 Å². The van der Waals surface area contributed by atoms with Gasteiger partial charge in [0.15, 0.2) is 0 Å². The molecule has 57 heavy (non-hydrogen) atoms. The topological polar surface area (TPSA) is 113 Å². The summed E-state index contributed by atoms with van der Waals surface area (Å²) in [7, 11) is 0. The normalized spacial score (nSPS) is 19.5. The van der Waals surface area contributed by atoms with E-state index in [0.29, 0.717) is 20.9 Å². The number of hydrogen-bond donors (Lipinski definition) is 0. The predicted octanol–water partition coefficient (Wildman–Crippen LogP) is 12.7. The van der Waals surface area contributed by atoms with E-state index in [1.807, 2.05) is 27.7 Å². The lowest BCUT2D eigenvalue weighted by Gasteiger charge is -2.23. The second-order valence-corrected chi connectivity index (χ2v) is 17.7. The number of hydrogen-bond acceptors (Lipinski definition) is 8.